The highest BCUT2D eigenvalue weighted by atomic mass is 32.1. The van der Waals surface area contributed by atoms with Crippen molar-refractivity contribution in [3.05, 3.63) is 47.8 Å². The number of halogens is 3. The Morgan fingerprint density at radius 2 is 1.50 bits per heavy atom. The summed E-state index contributed by atoms with van der Waals surface area (Å²) < 4.78 is 40.5. The summed E-state index contributed by atoms with van der Waals surface area (Å²) in [4.78, 5) is 0. The van der Waals surface area contributed by atoms with Gasteiger partial charge in [0.15, 0.2) is 11.6 Å². The van der Waals surface area contributed by atoms with Gasteiger partial charge in [0.25, 0.3) is 0 Å². The highest BCUT2D eigenvalue weighted by Crippen LogP contribution is 2.37. The van der Waals surface area contributed by atoms with Gasteiger partial charge in [-0.15, -0.1) is 11.3 Å². The number of hydrogen-bond acceptors (Lipinski definition) is 1. The van der Waals surface area contributed by atoms with Crippen molar-refractivity contribution in [1.82, 2.24) is 0 Å². The van der Waals surface area contributed by atoms with E-state index in [0.717, 1.165) is 17.4 Å². The predicted molar refractivity (Wildman–Crippen MR) is 59.2 cm³/mol. The summed E-state index contributed by atoms with van der Waals surface area (Å²) >= 11 is 0.939. The van der Waals surface area contributed by atoms with E-state index in [1.54, 1.807) is 12.1 Å². The quantitative estimate of drug-likeness (QED) is 0.542. The Balaban J connectivity index is 2.60. The zero-order valence-corrected chi connectivity index (χ0v) is 8.75. The number of fused-ring (bicyclic) bond motifs is 3. The lowest BCUT2D eigenvalue weighted by Crippen LogP contribution is -1.81. The molecule has 1 aromatic heterocycles. The molecule has 0 aliphatic heterocycles. The van der Waals surface area contributed by atoms with Crippen LogP contribution in [0.3, 0.4) is 0 Å². The summed E-state index contributed by atoms with van der Waals surface area (Å²) in [6, 6.07) is 7.12. The molecule has 0 nitrogen and oxygen atoms in total. The van der Waals surface area contributed by atoms with Crippen LogP contribution >= 0.6 is 11.3 Å². The highest BCUT2D eigenvalue weighted by molar-refractivity contribution is 7.25. The molecule has 3 aromatic rings. The average Bonchev–Trinajstić information content (AvgIpc) is 2.65. The van der Waals surface area contributed by atoms with E-state index < -0.39 is 17.5 Å². The van der Waals surface area contributed by atoms with Crippen LogP contribution in [0.2, 0.25) is 0 Å². The van der Waals surface area contributed by atoms with Crippen LogP contribution in [-0.2, 0) is 0 Å². The second-order valence-corrected chi connectivity index (χ2v) is 4.48. The van der Waals surface area contributed by atoms with Crippen LogP contribution in [0.25, 0.3) is 20.2 Å². The third kappa shape index (κ3) is 1.16. The van der Waals surface area contributed by atoms with Crippen LogP contribution in [0.5, 0.6) is 0 Å². The predicted octanol–water partition coefficient (Wildman–Crippen LogP) is 4.47. The number of rotatable bonds is 0. The van der Waals surface area contributed by atoms with Gasteiger partial charge in [0.1, 0.15) is 5.82 Å². The molecule has 2 aromatic carbocycles. The van der Waals surface area contributed by atoms with Crippen molar-refractivity contribution in [2.45, 2.75) is 0 Å². The SMILES string of the molecule is Fc1ccc2c(sc3c(F)cccc32)c1F. The molecule has 0 spiro atoms. The fourth-order valence-electron chi connectivity index (χ4n) is 1.77. The van der Waals surface area contributed by atoms with E-state index in [1.165, 1.54) is 12.1 Å². The van der Waals surface area contributed by atoms with Crippen molar-refractivity contribution in [3.63, 3.8) is 0 Å². The van der Waals surface area contributed by atoms with E-state index in [9.17, 15) is 13.2 Å². The first-order valence-corrected chi connectivity index (χ1v) is 5.45. The molecular formula is C12H5F3S. The van der Waals surface area contributed by atoms with Crippen LogP contribution in [0.1, 0.15) is 0 Å². The summed E-state index contributed by atoms with van der Waals surface area (Å²) in [5.41, 5.74) is 0. The fourth-order valence-corrected chi connectivity index (χ4v) is 2.90. The van der Waals surface area contributed by atoms with Gasteiger partial charge < -0.3 is 0 Å². The van der Waals surface area contributed by atoms with Crippen LogP contribution in [0, 0.1) is 17.5 Å². The minimum Gasteiger partial charge on any atom is -0.205 e. The van der Waals surface area contributed by atoms with Gasteiger partial charge in [-0.25, -0.2) is 13.2 Å². The summed E-state index contributed by atoms with van der Waals surface area (Å²) in [7, 11) is 0. The lowest BCUT2D eigenvalue weighted by atomic mass is 10.1. The van der Waals surface area contributed by atoms with Crippen molar-refractivity contribution < 1.29 is 13.2 Å². The van der Waals surface area contributed by atoms with Crippen LogP contribution < -0.4 is 0 Å². The molecule has 80 valence electrons. The van der Waals surface area contributed by atoms with Gasteiger partial charge in [0, 0.05) is 10.8 Å². The Kier molecular flexibility index (Phi) is 1.94. The second-order valence-electron chi connectivity index (χ2n) is 3.46. The summed E-state index contributed by atoms with van der Waals surface area (Å²) in [6.07, 6.45) is 0. The third-order valence-corrected chi connectivity index (χ3v) is 3.73. The Hall–Kier alpha value is -1.55. The maximum Gasteiger partial charge on any atom is 0.176 e. The van der Waals surface area contributed by atoms with Gasteiger partial charge in [0.2, 0.25) is 0 Å². The van der Waals surface area contributed by atoms with Crippen molar-refractivity contribution in [2.24, 2.45) is 0 Å². The standard InChI is InChI=1S/C12H5F3S/c13-8-5-4-7-6-2-1-3-9(14)11(6)16-12(7)10(8)15/h1-5H. The second kappa shape index (κ2) is 3.22. The summed E-state index contributed by atoms with van der Waals surface area (Å²) in [6.45, 7) is 0. The molecule has 0 unspecified atom stereocenters. The molecule has 0 radical (unpaired) electrons. The van der Waals surface area contributed by atoms with Gasteiger partial charge in [-0.3, -0.25) is 0 Å². The maximum absolute atomic E-state index is 13.5. The number of thiophene rings is 1. The monoisotopic (exact) mass is 238 g/mol. The molecule has 3 rings (SSSR count). The minimum absolute atomic E-state index is 0.167. The van der Waals surface area contributed by atoms with Crippen LogP contribution in [-0.4, -0.2) is 0 Å². The zero-order valence-electron chi connectivity index (χ0n) is 7.93. The van der Waals surface area contributed by atoms with Crippen molar-refractivity contribution in [3.8, 4) is 0 Å². The van der Waals surface area contributed by atoms with Gasteiger partial charge >= 0.3 is 0 Å². The van der Waals surface area contributed by atoms with E-state index in [2.05, 4.69) is 0 Å². The van der Waals surface area contributed by atoms with E-state index >= 15 is 0 Å². The highest BCUT2D eigenvalue weighted by Gasteiger charge is 2.14. The first-order chi connectivity index (χ1) is 7.68. The molecular weight excluding hydrogens is 233 g/mol. The molecule has 4 heteroatoms. The normalized spacial score (nSPS) is 11.4. The Morgan fingerprint density at radius 1 is 0.750 bits per heavy atom. The summed E-state index contributed by atoms with van der Waals surface area (Å²) in [5.74, 6) is -2.21. The molecule has 0 aliphatic rings. The van der Waals surface area contributed by atoms with Gasteiger partial charge in [-0.2, -0.15) is 0 Å². The van der Waals surface area contributed by atoms with Gasteiger partial charge in [-0.1, -0.05) is 12.1 Å². The zero-order chi connectivity index (χ0) is 11.3. The van der Waals surface area contributed by atoms with E-state index in [1.807, 2.05) is 0 Å². The molecule has 0 saturated heterocycles. The molecule has 1 heterocycles. The molecule has 0 bridgehead atoms. The molecule has 0 N–H and O–H groups in total. The third-order valence-electron chi connectivity index (χ3n) is 2.51. The Labute approximate surface area is 92.9 Å². The molecule has 0 aliphatic carbocycles. The first-order valence-electron chi connectivity index (χ1n) is 4.63. The topological polar surface area (TPSA) is 0 Å². The van der Waals surface area contributed by atoms with Crippen LogP contribution in [0.4, 0.5) is 13.2 Å². The van der Waals surface area contributed by atoms with E-state index in [4.69, 9.17) is 0 Å². The van der Waals surface area contributed by atoms with Crippen molar-refractivity contribution in [2.75, 3.05) is 0 Å². The van der Waals surface area contributed by atoms with Gasteiger partial charge in [0.05, 0.1) is 9.40 Å². The Morgan fingerprint density at radius 3 is 2.31 bits per heavy atom. The number of benzene rings is 2. The molecule has 16 heavy (non-hydrogen) atoms. The first kappa shape index (κ1) is 9.66. The smallest absolute Gasteiger partial charge is 0.176 e. The Bertz CT molecular complexity index is 700. The molecule has 0 saturated carbocycles. The molecule has 0 amide bonds. The fraction of sp³-hybridized carbons (Fsp3) is 0. The van der Waals surface area contributed by atoms with E-state index in [0.29, 0.717) is 15.5 Å². The lowest BCUT2D eigenvalue weighted by molar-refractivity contribution is 0.518. The number of hydrogen-bond donors (Lipinski definition) is 0. The molecule has 0 atom stereocenters. The largest absolute Gasteiger partial charge is 0.205 e. The van der Waals surface area contributed by atoms with Crippen LogP contribution in [0.15, 0.2) is 30.3 Å². The van der Waals surface area contributed by atoms with Crippen molar-refractivity contribution >= 4 is 31.5 Å². The lowest BCUT2D eigenvalue weighted by Gasteiger charge is -1.94. The van der Waals surface area contributed by atoms with Gasteiger partial charge in [-0.05, 0) is 18.2 Å². The van der Waals surface area contributed by atoms with Crippen molar-refractivity contribution in [1.29, 1.82) is 0 Å². The maximum atomic E-state index is 13.5. The molecule has 0 fully saturated rings. The van der Waals surface area contributed by atoms with E-state index in [-0.39, 0.29) is 4.70 Å². The summed E-state index contributed by atoms with van der Waals surface area (Å²) in [5, 5.41) is 1.18. The average molecular weight is 238 g/mol. The minimum atomic E-state index is -0.905.